The normalized spacial score (nSPS) is 13.1. The Hall–Kier alpha value is -0.0200. The highest BCUT2D eigenvalue weighted by molar-refractivity contribution is 7.58. The van der Waals surface area contributed by atoms with E-state index >= 15 is 0 Å². The van der Waals surface area contributed by atoms with E-state index in [0.29, 0.717) is 0 Å². The van der Waals surface area contributed by atoms with Crippen molar-refractivity contribution in [1.29, 1.82) is 0 Å². The van der Waals surface area contributed by atoms with E-state index in [0.717, 1.165) is 5.54 Å². The van der Waals surface area contributed by atoms with Gasteiger partial charge in [-0.05, 0) is 13.8 Å². The molecule has 0 aromatic rings. The van der Waals surface area contributed by atoms with E-state index in [1.165, 1.54) is 7.11 Å². The number of ether oxygens (including phenoxy) is 1. The molecule has 0 saturated heterocycles. The average molecular weight is 229 g/mol. The molecule has 0 fully saturated rings. The Morgan fingerprint density at radius 3 is 2.08 bits per heavy atom. The molecule has 0 N–H and O–H groups in total. The quantitative estimate of drug-likeness (QED) is 0.518. The van der Waals surface area contributed by atoms with Crippen LogP contribution in [0.5, 0.6) is 0 Å². The molecule has 0 bridgehead atoms. The van der Waals surface area contributed by atoms with Gasteiger partial charge in [0.1, 0.15) is 0 Å². The van der Waals surface area contributed by atoms with Gasteiger partial charge in [-0.3, -0.25) is 4.57 Å². The van der Waals surface area contributed by atoms with Crippen molar-refractivity contribution >= 4 is 19.2 Å². The van der Waals surface area contributed by atoms with Crippen LogP contribution in [-0.2, 0) is 18.3 Å². The van der Waals surface area contributed by atoms with Crippen LogP contribution in [0.1, 0.15) is 13.8 Å². The van der Waals surface area contributed by atoms with Crippen LogP contribution >= 0.6 is 19.2 Å². The smallest absolute Gasteiger partial charge is 0.396 e. The summed E-state index contributed by atoms with van der Waals surface area (Å²) in [6, 6.07) is 0. The average Bonchev–Trinajstić information content (AvgIpc) is 2.07. The van der Waals surface area contributed by atoms with Gasteiger partial charge in [0.25, 0.3) is 0 Å². The molecular formula is C7H14ClO4P. The lowest BCUT2D eigenvalue weighted by molar-refractivity contribution is 0.199. The molecule has 0 heterocycles. The Morgan fingerprint density at radius 2 is 1.85 bits per heavy atom. The summed E-state index contributed by atoms with van der Waals surface area (Å²) in [5.41, 5.74) is 1.09. The van der Waals surface area contributed by atoms with Crippen molar-refractivity contribution in [3.8, 4) is 0 Å². The molecule has 6 heteroatoms. The molecule has 4 nitrogen and oxygen atoms in total. The maximum atomic E-state index is 11.9. The number of hydrogen-bond donors (Lipinski definition) is 0. The number of rotatable bonds is 6. The minimum atomic E-state index is -3.32. The second-order valence-electron chi connectivity index (χ2n) is 1.98. The fraction of sp³-hybridized carbons (Fsp3) is 0.714. The van der Waals surface area contributed by atoms with Crippen LogP contribution < -0.4 is 0 Å². The number of halogens is 1. The minimum absolute atomic E-state index is 0.0258. The van der Waals surface area contributed by atoms with E-state index in [9.17, 15) is 4.57 Å². The molecule has 0 saturated carbocycles. The van der Waals surface area contributed by atoms with Crippen molar-refractivity contribution in [1.82, 2.24) is 0 Å². The second kappa shape index (κ2) is 6.44. The Kier molecular flexibility index (Phi) is 6.43. The predicted molar refractivity (Wildman–Crippen MR) is 51.8 cm³/mol. The molecule has 13 heavy (non-hydrogen) atoms. The predicted octanol–water partition coefficient (Wildman–Crippen LogP) is 2.94. The third-order valence-corrected chi connectivity index (χ3v) is 3.57. The number of hydrogen-bond acceptors (Lipinski definition) is 4. The van der Waals surface area contributed by atoms with Gasteiger partial charge in [-0.2, -0.15) is 0 Å². The van der Waals surface area contributed by atoms with Crippen molar-refractivity contribution in [3.05, 3.63) is 11.0 Å². The van der Waals surface area contributed by atoms with E-state index in [1.807, 2.05) is 0 Å². The third kappa shape index (κ3) is 3.69. The Balaban J connectivity index is 4.66. The van der Waals surface area contributed by atoms with Crippen molar-refractivity contribution in [2.75, 3.05) is 20.3 Å². The second-order valence-corrected chi connectivity index (χ2v) is 4.15. The van der Waals surface area contributed by atoms with Crippen LogP contribution in [0.3, 0.4) is 0 Å². The van der Waals surface area contributed by atoms with Gasteiger partial charge in [-0.1, -0.05) is 11.6 Å². The van der Waals surface area contributed by atoms with Crippen LogP contribution in [0, 0.1) is 0 Å². The van der Waals surface area contributed by atoms with E-state index in [1.54, 1.807) is 13.8 Å². The largest absolute Gasteiger partial charge is 0.489 e. The molecule has 0 radical (unpaired) electrons. The fourth-order valence-corrected chi connectivity index (χ4v) is 2.52. The van der Waals surface area contributed by atoms with Crippen LogP contribution in [-0.4, -0.2) is 20.3 Å². The van der Waals surface area contributed by atoms with Crippen LogP contribution in [0.15, 0.2) is 11.0 Å². The summed E-state index contributed by atoms with van der Waals surface area (Å²) < 4.78 is 26.6. The molecule has 0 aliphatic rings. The zero-order chi connectivity index (χ0) is 10.3. The summed E-state index contributed by atoms with van der Waals surface area (Å²) >= 11 is 5.40. The first-order valence-corrected chi connectivity index (χ1v) is 5.86. The van der Waals surface area contributed by atoms with Gasteiger partial charge < -0.3 is 13.8 Å². The van der Waals surface area contributed by atoms with Crippen LogP contribution in [0.25, 0.3) is 0 Å². The van der Waals surface area contributed by atoms with Gasteiger partial charge >= 0.3 is 7.60 Å². The molecule has 0 aromatic carbocycles. The maximum absolute atomic E-state index is 11.9. The van der Waals surface area contributed by atoms with Gasteiger partial charge in [-0.15, -0.1) is 0 Å². The lowest BCUT2D eigenvalue weighted by atomic mass is 10.9. The van der Waals surface area contributed by atoms with Crippen molar-refractivity contribution in [2.45, 2.75) is 13.8 Å². The summed E-state index contributed by atoms with van der Waals surface area (Å²) in [6.07, 6.45) is 0. The summed E-state index contributed by atoms with van der Waals surface area (Å²) in [4.78, 5) is 0. The van der Waals surface area contributed by atoms with Gasteiger partial charge in [-0.25, -0.2) is 0 Å². The molecule has 0 amide bonds. The molecule has 0 aliphatic heterocycles. The summed E-state index contributed by atoms with van der Waals surface area (Å²) in [5.74, 6) is 0. The molecule has 0 atom stereocenters. The molecule has 0 aromatic heterocycles. The summed E-state index contributed by atoms with van der Waals surface area (Å²) in [6.45, 7) is 3.98. The Morgan fingerprint density at radius 1 is 1.38 bits per heavy atom. The van der Waals surface area contributed by atoms with Gasteiger partial charge in [0.15, 0.2) is 0 Å². The monoisotopic (exact) mass is 228 g/mol. The lowest BCUT2D eigenvalue weighted by Crippen LogP contribution is -1.99. The molecule has 78 valence electrons. The fourth-order valence-electron chi connectivity index (χ4n) is 0.721. The van der Waals surface area contributed by atoms with E-state index < -0.39 is 7.60 Å². The lowest BCUT2D eigenvalue weighted by Gasteiger charge is -2.17. The zero-order valence-corrected chi connectivity index (χ0v) is 9.60. The Labute approximate surface area is 83.3 Å². The maximum Gasteiger partial charge on any atom is 0.396 e. The first-order chi connectivity index (χ1) is 6.14. The van der Waals surface area contributed by atoms with Crippen molar-refractivity contribution in [2.24, 2.45) is 0 Å². The molecule has 0 rings (SSSR count). The van der Waals surface area contributed by atoms with Crippen LogP contribution in [0.2, 0.25) is 0 Å². The number of methoxy groups -OCH3 is 1. The van der Waals surface area contributed by atoms with E-state index in [-0.39, 0.29) is 18.7 Å². The topological polar surface area (TPSA) is 44.8 Å². The van der Waals surface area contributed by atoms with Crippen molar-refractivity contribution in [3.63, 3.8) is 0 Å². The minimum Gasteiger partial charge on any atom is -0.489 e. The first kappa shape index (κ1) is 13.0. The standard InChI is InChI=1S/C7H14ClO4P/c1-4-11-13(9,12-5-2)7(6-8)10-3/h6H,4-5H2,1-3H3. The summed E-state index contributed by atoms with van der Waals surface area (Å²) in [5, 5.41) is 0. The SMILES string of the molecule is CCOP(=O)(OCC)C(=CCl)OC. The highest BCUT2D eigenvalue weighted by Crippen LogP contribution is 2.56. The molecule has 0 aliphatic carbocycles. The molecular weight excluding hydrogens is 214 g/mol. The first-order valence-electron chi connectivity index (χ1n) is 3.88. The molecule has 0 unspecified atom stereocenters. The van der Waals surface area contributed by atoms with Crippen LogP contribution in [0.4, 0.5) is 0 Å². The summed E-state index contributed by atoms with van der Waals surface area (Å²) in [7, 11) is -1.96. The van der Waals surface area contributed by atoms with Gasteiger partial charge in [0.05, 0.1) is 25.9 Å². The zero-order valence-electron chi connectivity index (χ0n) is 7.95. The van der Waals surface area contributed by atoms with Gasteiger partial charge in [0.2, 0.25) is 5.50 Å². The van der Waals surface area contributed by atoms with Crippen molar-refractivity contribution < 1.29 is 18.3 Å². The molecule has 0 spiro atoms. The Bertz CT molecular complexity index is 207. The third-order valence-electron chi connectivity index (χ3n) is 1.17. The highest BCUT2D eigenvalue weighted by atomic mass is 35.5. The van der Waals surface area contributed by atoms with E-state index in [4.69, 9.17) is 25.4 Å². The van der Waals surface area contributed by atoms with E-state index in [2.05, 4.69) is 0 Å². The highest BCUT2D eigenvalue weighted by Gasteiger charge is 2.30. The van der Waals surface area contributed by atoms with Gasteiger partial charge in [0, 0.05) is 0 Å².